The summed E-state index contributed by atoms with van der Waals surface area (Å²) in [5.74, 6) is 0.0181. The summed E-state index contributed by atoms with van der Waals surface area (Å²) >= 11 is 0. The van der Waals surface area contributed by atoms with E-state index in [1.807, 2.05) is 43.3 Å². The summed E-state index contributed by atoms with van der Waals surface area (Å²) in [6, 6.07) is 9.52. The van der Waals surface area contributed by atoms with E-state index in [2.05, 4.69) is 0 Å². The Morgan fingerprint density at radius 2 is 1.93 bits per heavy atom. The zero-order valence-electron chi connectivity index (χ0n) is 8.30. The highest BCUT2D eigenvalue weighted by atomic mass is 16.3. The third-order valence-corrected chi connectivity index (χ3v) is 2.18. The van der Waals surface area contributed by atoms with Crippen LogP contribution in [0.5, 0.6) is 0 Å². The Morgan fingerprint density at radius 3 is 2.50 bits per heavy atom. The lowest BCUT2D eigenvalue weighted by atomic mass is 9.97. The quantitative estimate of drug-likeness (QED) is 0.715. The molecule has 1 rings (SSSR count). The van der Waals surface area contributed by atoms with Crippen LogP contribution in [0.4, 0.5) is 0 Å². The van der Waals surface area contributed by atoms with Crippen LogP contribution in [0.25, 0.3) is 0 Å². The summed E-state index contributed by atoms with van der Waals surface area (Å²) in [7, 11) is 0. The van der Waals surface area contributed by atoms with E-state index >= 15 is 0 Å². The smallest absolute Gasteiger partial charge is 0.0849 e. The Morgan fingerprint density at radius 1 is 1.29 bits per heavy atom. The summed E-state index contributed by atoms with van der Waals surface area (Å²) in [6.45, 7) is 1.94. The third-order valence-electron chi connectivity index (χ3n) is 2.18. The number of hydrogen-bond donors (Lipinski definition) is 2. The monoisotopic (exact) mass is 192 g/mol. The van der Waals surface area contributed by atoms with Crippen molar-refractivity contribution in [2.45, 2.75) is 13.0 Å². The maximum absolute atomic E-state index is 9.88. The molecule has 0 bridgehead atoms. The molecule has 0 aliphatic heterocycles. The van der Waals surface area contributed by atoms with Gasteiger partial charge in [0.05, 0.1) is 12.7 Å². The molecule has 2 nitrogen and oxygen atoms in total. The van der Waals surface area contributed by atoms with Crippen molar-refractivity contribution in [3.05, 3.63) is 48.0 Å². The summed E-state index contributed by atoms with van der Waals surface area (Å²) in [5.41, 5.74) is 0.905. The Balaban J connectivity index is 2.65. The normalized spacial score (nSPS) is 15.6. The van der Waals surface area contributed by atoms with Crippen molar-refractivity contribution in [1.29, 1.82) is 0 Å². The maximum atomic E-state index is 9.88. The largest absolute Gasteiger partial charge is 0.392 e. The lowest BCUT2D eigenvalue weighted by molar-refractivity contribution is 0.139. The molecule has 0 fully saturated rings. The average Bonchev–Trinajstić information content (AvgIpc) is 2.26. The van der Waals surface area contributed by atoms with E-state index in [-0.39, 0.29) is 12.5 Å². The van der Waals surface area contributed by atoms with Crippen molar-refractivity contribution < 1.29 is 10.2 Å². The molecule has 2 heteroatoms. The van der Waals surface area contributed by atoms with Gasteiger partial charge in [-0.05, 0) is 5.56 Å². The van der Waals surface area contributed by atoms with Crippen molar-refractivity contribution in [2.24, 2.45) is 5.92 Å². The molecule has 2 N–H and O–H groups in total. The number of aliphatic hydroxyl groups excluding tert-OH is 2. The molecule has 0 amide bonds. The van der Waals surface area contributed by atoms with Gasteiger partial charge in [0.2, 0.25) is 0 Å². The fourth-order valence-corrected chi connectivity index (χ4v) is 1.33. The summed E-state index contributed by atoms with van der Waals surface area (Å²) in [5, 5.41) is 18.5. The molecule has 14 heavy (non-hydrogen) atoms. The SMILES string of the molecule is C[C@@H](/C=C/CO)[C@H](O)c1ccccc1. The van der Waals surface area contributed by atoms with Crippen molar-refractivity contribution >= 4 is 0 Å². The van der Waals surface area contributed by atoms with E-state index in [9.17, 15) is 5.11 Å². The van der Waals surface area contributed by atoms with E-state index < -0.39 is 6.10 Å². The van der Waals surface area contributed by atoms with Gasteiger partial charge in [-0.1, -0.05) is 49.4 Å². The van der Waals surface area contributed by atoms with Crippen LogP contribution in [0.1, 0.15) is 18.6 Å². The molecule has 0 saturated carbocycles. The molecule has 0 aromatic heterocycles. The first-order valence-electron chi connectivity index (χ1n) is 4.76. The minimum atomic E-state index is -0.501. The van der Waals surface area contributed by atoms with E-state index in [1.165, 1.54) is 0 Å². The predicted octanol–water partition coefficient (Wildman–Crippen LogP) is 1.90. The first-order chi connectivity index (χ1) is 6.75. The molecule has 76 valence electrons. The van der Waals surface area contributed by atoms with Gasteiger partial charge in [-0.15, -0.1) is 0 Å². The molecule has 0 saturated heterocycles. The Labute approximate surface area is 84.5 Å². The van der Waals surface area contributed by atoms with Crippen molar-refractivity contribution in [3.63, 3.8) is 0 Å². The van der Waals surface area contributed by atoms with Gasteiger partial charge < -0.3 is 10.2 Å². The molecule has 0 aliphatic carbocycles. The summed E-state index contributed by atoms with van der Waals surface area (Å²) in [4.78, 5) is 0. The Bertz CT molecular complexity index is 280. The summed E-state index contributed by atoms with van der Waals surface area (Å²) < 4.78 is 0. The van der Waals surface area contributed by atoms with Crippen molar-refractivity contribution in [1.82, 2.24) is 0 Å². The summed E-state index contributed by atoms with van der Waals surface area (Å²) in [6.07, 6.45) is 2.97. The molecule has 1 aromatic rings. The Hall–Kier alpha value is -1.12. The molecule has 2 atom stereocenters. The lowest BCUT2D eigenvalue weighted by Gasteiger charge is -2.15. The topological polar surface area (TPSA) is 40.5 Å². The molecule has 0 unspecified atom stereocenters. The number of benzene rings is 1. The number of hydrogen-bond acceptors (Lipinski definition) is 2. The van der Waals surface area contributed by atoms with Crippen LogP contribution in [0, 0.1) is 5.92 Å². The molecular formula is C12H16O2. The first-order valence-corrected chi connectivity index (χ1v) is 4.76. The highest BCUT2D eigenvalue weighted by Gasteiger charge is 2.12. The Kier molecular flexibility index (Phi) is 4.36. The molecular weight excluding hydrogens is 176 g/mol. The van der Waals surface area contributed by atoms with Gasteiger partial charge in [0, 0.05) is 5.92 Å². The van der Waals surface area contributed by atoms with Crippen molar-refractivity contribution in [2.75, 3.05) is 6.61 Å². The highest BCUT2D eigenvalue weighted by Crippen LogP contribution is 2.21. The van der Waals surface area contributed by atoms with Crippen LogP contribution in [0.15, 0.2) is 42.5 Å². The average molecular weight is 192 g/mol. The van der Waals surface area contributed by atoms with Crippen LogP contribution in [0.3, 0.4) is 0 Å². The fourth-order valence-electron chi connectivity index (χ4n) is 1.33. The molecule has 1 aromatic carbocycles. The van der Waals surface area contributed by atoms with Crippen LogP contribution in [-0.4, -0.2) is 16.8 Å². The van der Waals surface area contributed by atoms with E-state index in [0.29, 0.717) is 0 Å². The van der Waals surface area contributed by atoms with Crippen LogP contribution < -0.4 is 0 Å². The van der Waals surface area contributed by atoms with Gasteiger partial charge in [-0.2, -0.15) is 0 Å². The van der Waals surface area contributed by atoms with Gasteiger partial charge in [0.25, 0.3) is 0 Å². The standard InChI is InChI=1S/C12H16O2/c1-10(6-5-9-13)12(14)11-7-3-2-4-8-11/h2-8,10,12-14H,9H2,1H3/b6-5+/t10-,12-/m0/s1. The van der Waals surface area contributed by atoms with Crippen LogP contribution in [0.2, 0.25) is 0 Å². The number of aliphatic hydroxyl groups is 2. The molecule has 0 spiro atoms. The minimum Gasteiger partial charge on any atom is -0.392 e. The molecule has 0 aliphatic rings. The minimum absolute atomic E-state index is 0.0181. The fraction of sp³-hybridized carbons (Fsp3) is 0.333. The van der Waals surface area contributed by atoms with Gasteiger partial charge in [-0.3, -0.25) is 0 Å². The zero-order chi connectivity index (χ0) is 10.4. The highest BCUT2D eigenvalue weighted by molar-refractivity contribution is 5.18. The van der Waals surface area contributed by atoms with E-state index in [1.54, 1.807) is 6.08 Å². The van der Waals surface area contributed by atoms with E-state index in [0.717, 1.165) is 5.56 Å². The van der Waals surface area contributed by atoms with Gasteiger partial charge >= 0.3 is 0 Å². The third kappa shape index (κ3) is 2.98. The van der Waals surface area contributed by atoms with Gasteiger partial charge in [0.15, 0.2) is 0 Å². The lowest BCUT2D eigenvalue weighted by Crippen LogP contribution is -2.06. The van der Waals surface area contributed by atoms with Crippen LogP contribution >= 0.6 is 0 Å². The van der Waals surface area contributed by atoms with Gasteiger partial charge in [0.1, 0.15) is 0 Å². The molecule has 0 radical (unpaired) electrons. The van der Waals surface area contributed by atoms with E-state index in [4.69, 9.17) is 5.11 Å². The molecule has 0 heterocycles. The predicted molar refractivity (Wildman–Crippen MR) is 56.8 cm³/mol. The number of rotatable bonds is 4. The van der Waals surface area contributed by atoms with Gasteiger partial charge in [-0.25, -0.2) is 0 Å². The van der Waals surface area contributed by atoms with Crippen LogP contribution in [-0.2, 0) is 0 Å². The second kappa shape index (κ2) is 5.58. The first kappa shape index (κ1) is 11.0. The van der Waals surface area contributed by atoms with Crippen molar-refractivity contribution in [3.8, 4) is 0 Å². The zero-order valence-corrected chi connectivity index (χ0v) is 8.30. The second-order valence-corrected chi connectivity index (χ2v) is 3.33. The second-order valence-electron chi connectivity index (χ2n) is 3.33. The maximum Gasteiger partial charge on any atom is 0.0849 e.